The summed E-state index contributed by atoms with van der Waals surface area (Å²) >= 11 is 1.74. The molecule has 7 heteroatoms. The van der Waals surface area contributed by atoms with E-state index in [1.165, 1.54) is 15.3 Å². The number of hydrogen-bond acceptors (Lipinski definition) is 4. The van der Waals surface area contributed by atoms with E-state index in [-0.39, 0.29) is 5.91 Å². The van der Waals surface area contributed by atoms with Gasteiger partial charge in [-0.25, -0.2) is 0 Å². The summed E-state index contributed by atoms with van der Waals surface area (Å²) in [6, 6.07) is 10.4. The van der Waals surface area contributed by atoms with Crippen LogP contribution in [-0.4, -0.2) is 52.0 Å². The highest BCUT2D eigenvalue weighted by Gasteiger charge is 2.25. The number of rotatable bonds is 7. The van der Waals surface area contributed by atoms with Crippen LogP contribution in [0.25, 0.3) is 0 Å². The zero-order valence-electron chi connectivity index (χ0n) is 15.5. The van der Waals surface area contributed by atoms with Crippen molar-refractivity contribution >= 4 is 17.2 Å². The average molecular weight is 390 g/mol. The molecule has 144 valence electrons. The van der Waals surface area contributed by atoms with Gasteiger partial charge in [0.1, 0.15) is 32.7 Å². The second-order valence-electron chi connectivity index (χ2n) is 7.22. The SMILES string of the molecule is O=C(C[NH+]1CC[NH+](Cc2ccc3c(c2)OCO3)CC1)NCCc1cccs1. The Morgan fingerprint density at radius 2 is 1.89 bits per heavy atom. The third-order valence-electron chi connectivity index (χ3n) is 5.24. The lowest BCUT2D eigenvalue weighted by Crippen LogP contribution is -3.28. The molecule has 3 N–H and O–H groups in total. The first-order valence-electron chi connectivity index (χ1n) is 9.61. The van der Waals surface area contributed by atoms with E-state index in [0.717, 1.165) is 57.2 Å². The number of ether oxygens (including phenoxy) is 2. The van der Waals surface area contributed by atoms with Crippen LogP contribution in [-0.2, 0) is 17.8 Å². The summed E-state index contributed by atoms with van der Waals surface area (Å²) in [5.41, 5.74) is 1.28. The van der Waals surface area contributed by atoms with Gasteiger partial charge < -0.3 is 24.6 Å². The maximum atomic E-state index is 12.2. The fourth-order valence-electron chi connectivity index (χ4n) is 3.72. The van der Waals surface area contributed by atoms with Crippen LogP contribution in [0, 0.1) is 0 Å². The molecule has 0 atom stereocenters. The van der Waals surface area contributed by atoms with Gasteiger partial charge in [0.25, 0.3) is 5.91 Å². The minimum absolute atomic E-state index is 0.167. The topological polar surface area (TPSA) is 56.4 Å². The zero-order valence-corrected chi connectivity index (χ0v) is 16.3. The number of amides is 1. The van der Waals surface area contributed by atoms with Crippen molar-refractivity contribution in [3.05, 3.63) is 46.2 Å². The number of quaternary nitrogens is 2. The Morgan fingerprint density at radius 3 is 2.70 bits per heavy atom. The van der Waals surface area contributed by atoms with Crippen LogP contribution < -0.4 is 24.6 Å². The minimum Gasteiger partial charge on any atom is -0.454 e. The molecule has 1 fully saturated rings. The van der Waals surface area contributed by atoms with Crippen molar-refractivity contribution in [2.24, 2.45) is 0 Å². The van der Waals surface area contributed by atoms with Crippen molar-refractivity contribution in [2.75, 3.05) is 46.1 Å². The number of nitrogens with one attached hydrogen (secondary N) is 3. The molecule has 1 aromatic heterocycles. The largest absolute Gasteiger partial charge is 0.454 e. The molecular formula is C20H27N3O3S+2. The summed E-state index contributed by atoms with van der Waals surface area (Å²) in [5, 5.41) is 5.13. The summed E-state index contributed by atoms with van der Waals surface area (Å²) < 4.78 is 10.8. The van der Waals surface area contributed by atoms with E-state index in [2.05, 4.69) is 35.0 Å². The van der Waals surface area contributed by atoms with E-state index in [9.17, 15) is 4.79 Å². The molecule has 0 bridgehead atoms. The van der Waals surface area contributed by atoms with E-state index >= 15 is 0 Å². The maximum Gasteiger partial charge on any atom is 0.275 e. The highest BCUT2D eigenvalue weighted by Crippen LogP contribution is 2.32. The van der Waals surface area contributed by atoms with Crippen LogP contribution in [0.15, 0.2) is 35.7 Å². The van der Waals surface area contributed by atoms with Crippen LogP contribution in [0.3, 0.4) is 0 Å². The van der Waals surface area contributed by atoms with E-state index in [1.54, 1.807) is 16.2 Å². The molecule has 3 heterocycles. The van der Waals surface area contributed by atoms with Gasteiger partial charge in [0.2, 0.25) is 6.79 Å². The maximum absolute atomic E-state index is 12.2. The van der Waals surface area contributed by atoms with Crippen molar-refractivity contribution in [1.29, 1.82) is 0 Å². The van der Waals surface area contributed by atoms with Crippen LogP contribution >= 0.6 is 11.3 Å². The molecule has 6 nitrogen and oxygen atoms in total. The number of benzene rings is 1. The molecule has 4 rings (SSSR count). The molecule has 1 aromatic carbocycles. The molecular weight excluding hydrogens is 362 g/mol. The van der Waals surface area contributed by atoms with Gasteiger partial charge in [-0.2, -0.15) is 0 Å². The molecule has 0 unspecified atom stereocenters. The first kappa shape index (κ1) is 18.3. The normalized spacial score (nSPS) is 21.2. The smallest absolute Gasteiger partial charge is 0.275 e. The van der Waals surface area contributed by atoms with Gasteiger partial charge in [-0.05, 0) is 36.1 Å². The number of carbonyl (C=O) groups excluding carboxylic acids is 1. The molecule has 0 aliphatic carbocycles. The first-order chi connectivity index (χ1) is 13.3. The molecule has 2 aliphatic rings. The summed E-state index contributed by atoms with van der Waals surface area (Å²) in [5.74, 6) is 1.87. The van der Waals surface area contributed by atoms with Gasteiger partial charge >= 0.3 is 0 Å². The van der Waals surface area contributed by atoms with Gasteiger partial charge in [-0.15, -0.1) is 11.3 Å². The van der Waals surface area contributed by atoms with Gasteiger partial charge in [0.05, 0.1) is 0 Å². The van der Waals surface area contributed by atoms with Gasteiger partial charge in [0.15, 0.2) is 18.0 Å². The van der Waals surface area contributed by atoms with Crippen molar-refractivity contribution in [1.82, 2.24) is 5.32 Å². The Labute approximate surface area is 163 Å². The Bertz CT molecular complexity index is 758. The number of thiophene rings is 1. The Balaban J connectivity index is 1.16. The summed E-state index contributed by atoms with van der Waals surface area (Å²) in [6.45, 7) is 6.89. The van der Waals surface area contributed by atoms with Gasteiger partial charge in [-0.1, -0.05) is 6.07 Å². The Hall–Kier alpha value is -2.09. The number of fused-ring (bicyclic) bond motifs is 1. The molecule has 2 aliphatic heterocycles. The highest BCUT2D eigenvalue weighted by atomic mass is 32.1. The monoisotopic (exact) mass is 389 g/mol. The van der Waals surface area contributed by atoms with Crippen LogP contribution in [0.5, 0.6) is 11.5 Å². The lowest BCUT2D eigenvalue weighted by atomic mass is 10.1. The van der Waals surface area contributed by atoms with E-state index in [0.29, 0.717) is 13.3 Å². The Kier molecular flexibility index (Phi) is 5.91. The molecule has 27 heavy (non-hydrogen) atoms. The zero-order chi connectivity index (χ0) is 18.5. The number of carbonyl (C=O) groups is 1. The average Bonchev–Trinajstić information content (AvgIpc) is 3.34. The lowest BCUT2D eigenvalue weighted by molar-refractivity contribution is -1.02. The fraction of sp³-hybridized carbons (Fsp3) is 0.450. The Morgan fingerprint density at radius 1 is 1.07 bits per heavy atom. The van der Waals surface area contributed by atoms with E-state index in [4.69, 9.17) is 9.47 Å². The quantitative estimate of drug-likeness (QED) is 0.577. The molecule has 1 amide bonds. The molecule has 0 saturated carbocycles. The van der Waals surface area contributed by atoms with E-state index < -0.39 is 0 Å². The standard InChI is InChI=1S/C20H25N3O3S/c24-20(21-6-5-17-2-1-11-27-17)14-23-9-7-22(8-10-23)13-16-3-4-18-19(12-16)26-15-25-18/h1-4,11-12H,5-10,13-15H2,(H,21,24)/p+2. The summed E-state index contributed by atoms with van der Waals surface area (Å²) in [7, 11) is 0. The molecule has 1 saturated heterocycles. The van der Waals surface area contributed by atoms with Gasteiger partial charge in [0, 0.05) is 17.0 Å². The lowest BCUT2D eigenvalue weighted by Gasteiger charge is -2.29. The van der Waals surface area contributed by atoms with Crippen LogP contribution in [0.2, 0.25) is 0 Å². The van der Waals surface area contributed by atoms with E-state index in [1.807, 2.05) is 6.07 Å². The summed E-state index contributed by atoms with van der Waals surface area (Å²) in [4.78, 5) is 16.4. The first-order valence-corrected chi connectivity index (χ1v) is 10.5. The second-order valence-corrected chi connectivity index (χ2v) is 8.25. The van der Waals surface area contributed by atoms with Crippen molar-refractivity contribution < 1.29 is 24.1 Å². The fourth-order valence-corrected chi connectivity index (χ4v) is 4.43. The number of piperazine rings is 1. The summed E-state index contributed by atoms with van der Waals surface area (Å²) in [6.07, 6.45) is 0.923. The van der Waals surface area contributed by atoms with Crippen LogP contribution in [0.1, 0.15) is 10.4 Å². The third-order valence-corrected chi connectivity index (χ3v) is 6.18. The third kappa shape index (κ3) is 5.00. The van der Waals surface area contributed by atoms with Crippen molar-refractivity contribution in [3.8, 4) is 11.5 Å². The van der Waals surface area contributed by atoms with Gasteiger partial charge in [-0.3, -0.25) is 4.79 Å². The molecule has 2 aromatic rings. The van der Waals surface area contributed by atoms with Crippen molar-refractivity contribution in [2.45, 2.75) is 13.0 Å². The van der Waals surface area contributed by atoms with Crippen LogP contribution in [0.4, 0.5) is 0 Å². The molecule has 0 spiro atoms. The predicted octanol–water partition coefficient (Wildman–Crippen LogP) is -0.881. The molecule has 0 radical (unpaired) electrons. The predicted molar refractivity (Wildman–Crippen MR) is 104 cm³/mol. The second kappa shape index (κ2) is 8.73. The van der Waals surface area contributed by atoms with Crippen molar-refractivity contribution in [3.63, 3.8) is 0 Å². The highest BCUT2D eigenvalue weighted by molar-refractivity contribution is 7.09. The minimum atomic E-state index is 0.167. The number of hydrogen-bond donors (Lipinski definition) is 3.